The van der Waals surface area contributed by atoms with E-state index in [4.69, 9.17) is 8.83 Å². The molecule has 0 spiro atoms. The van der Waals surface area contributed by atoms with Gasteiger partial charge in [-0.1, -0.05) is 130 Å². The number of fused-ring (bicyclic) bond motifs is 7. The number of furan rings is 2. The zero-order valence-electron chi connectivity index (χ0n) is 38.1. The van der Waals surface area contributed by atoms with Gasteiger partial charge in [0.1, 0.15) is 23.1 Å². The molecule has 4 heterocycles. The van der Waals surface area contributed by atoms with Gasteiger partial charge in [-0.05, 0) is 92.2 Å². The summed E-state index contributed by atoms with van der Waals surface area (Å²) in [6.07, 6.45) is 3.59. The number of benzene rings is 5. The van der Waals surface area contributed by atoms with Gasteiger partial charge in [-0.25, -0.2) is 4.98 Å². The smallest absolute Gasteiger partial charge is 0.139 e. The molecule has 4 aromatic heterocycles. The van der Waals surface area contributed by atoms with Crippen LogP contribution in [0.5, 0.6) is 0 Å². The second kappa shape index (κ2) is 17.4. The molecule has 0 atom stereocenters. The SMILES string of the molecule is CC(C)(C)c1ccc(-c2[c-]cccc2)nc1.CC(C)c1cc(C(C)C)c(-c2ccc3c(c2)oc2ccc4c5cc[c-]c(-c6cc(C(C)(C)C)ncn6)c5oc4c23)c(C(C)C)c1.[Ir]. The molecule has 6 heteroatoms. The van der Waals surface area contributed by atoms with Crippen LogP contribution in [0, 0.1) is 12.1 Å². The molecule has 0 fully saturated rings. The molecule has 5 aromatic carbocycles. The Morgan fingerprint density at radius 3 is 1.89 bits per heavy atom. The van der Waals surface area contributed by atoms with Gasteiger partial charge < -0.3 is 13.8 Å². The van der Waals surface area contributed by atoms with Crippen LogP contribution >= 0.6 is 0 Å². The van der Waals surface area contributed by atoms with Gasteiger partial charge in [0.15, 0.2) is 0 Å². The maximum atomic E-state index is 6.74. The molecular formula is C56H57IrN3O2-2. The van der Waals surface area contributed by atoms with E-state index in [0.29, 0.717) is 17.8 Å². The summed E-state index contributed by atoms with van der Waals surface area (Å²) in [4.78, 5) is 13.6. The molecule has 319 valence electrons. The van der Waals surface area contributed by atoms with Crippen molar-refractivity contribution in [2.45, 2.75) is 112 Å². The van der Waals surface area contributed by atoms with Crippen LogP contribution in [-0.4, -0.2) is 15.0 Å². The van der Waals surface area contributed by atoms with Crippen LogP contribution in [0.2, 0.25) is 0 Å². The first-order valence-electron chi connectivity index (χ1n) is 21.7. The zero-order chi connectivity index (χ0) is 43.4. The van der Waals surface area contributed by atoms with Crippen molar-refractivity contribution in [3.63, 3.8) is 0 Å². The van der Waals surface area contributed by atoms with Crippen LogP contribution in [0.4, 0.5) is 0 Å². The Labute approximate surface area is 380 Å². The summed E-state index contributed by atoms with van der Waals surface area (Å²) in [7, 11) is 0. The van der Waals surface area contributed by atoms with Crippen molar-refractivity contribution in [2.24, 2.45) is 0 Å². The molecule has 0 saturated heterocycles. The number of hydrogen-bond donors (Lipinski definition) is 0. The van der Waals surface area contributed by atoms with E-state index in [1.807, 2.05) is 42.6 Å². The minimum Gasteiger partial charge on any atom is -0.500 e. The second-order valence-electron chi connectivity index (χ2n) is 19.4. The minimum atomic E-state index is -0.0947. The molecule has 1 radical (unpaired) electrons. The van der Waals surface area contributed by atoms with Gasteiger partial charge in [0.05, 0.1) is 11.0 Å². The average molecular weight is 996 g/mol. The second-order valence-corrected chi connectivity index (χ2v) is 19.4. The topological polar surface area (TPSA) is 65.0 Å². The number of nitrogens with zero attached hydrogens (tertiary/aromatic N) is 3. The molecule has 62 heavy (non-hydrogen) atoms. The molecular weight excluding hydrogens is 939 g/mol. The molecule has 0 unspecified atom stereocenters. The summed E-state index contributed by atoms with van der Waals surface area (Å²) in [5.41, 5.74) is 16.0. The molecule has 0 N–H and O–H groups in total. The maximum Gasteiger partial charge on any atom is 0.139 e. The number of rotatable bonds is 6. The van der Waals surface area contributed by atoms with E-state index < -0.39 is 0 Å². The fraction of sp³-hybridized carbons (Fsp3) is 0.304. The third-order valence-electron chi connectivity index (χ3n) is 11.8. The van der Waals surface area contributed by atoms with Gasteiger partial charge >= 0.3 is 0 Å². The summed E-state index contributed by atoms with van der Waals surface area (Å²) >= 11 is 0. The molecule has 0 aliphatic rings. The third kappa shape index (κ3) is 8.65. The standard InChI is InChI=1S/C41H41N2O2.C15H16N.Ir/c1-22(2)26-17-31(23(3)4)37(32(18-26)24(5)6)25-13-14-30-35(19-25)44-34-16-15-28-27-11-10-12-29(39(27)45-40(28)38(30)34)33-20-36(41(7,8)9)43-21-42-33;1-15(2,3)13-9-10-14(16-11-13)12-7-5-4-6-8-12;/h10-11,13-24H,1-9H3;4-7,9-11H,1-3H3;/q2*-1;. The van der Waals surface area contributed by atoms with Gasteiger partial charge in [-0.15, -0.1) is 54.1 Å². The largest absolute Gasteiger partial charge is 0.500 e. The van der Waals surface area contributed by atoms with Crippen molar-refractivity contribution in [3.8, 4) is 33.6 Å². The molecule has 0 aliphatic carbocycles. The van der Waals surface area contributed by atoms with E-state index in [9.17, 15) is 0 Å². The monoisotopic (exact) mass is 996 g/mol. The van der Waals surface area contributed by atoms with Crippen molar-refractivity contribution in [3.05, 3.63) is 150 Å². The molecule has 0 aliphatic heterocycles. The Hall–Kier alpha value is -5.42. The number of pyridine rings is 1. The summed E-state index contributed by atoms with van der Waals surface area (Å²) in [6.45, 7) is 26.8. The van der Waals surface area contributed by atoms with E-state index in [0.717, 1.165) is 72.1 Å². The summed E-state index contributed by atoms with van der Waals surface area (Å²) < 4.78 is 13.3. The van der Waals surface area contributed by atoms with E-state index in [-0.39, 0.29) is 30.9 Å². The van der Waals surface area contributed by atoms with E-state index in [1.54, 1.807) is 6.33 Å². The van der Waals surface area contributed by atoms with Gasteiger partial charge in [0.25, 0.3) is 0 Å². The van der Waals surface area contributed by atoms with Crippen molar-refractivity contribution >= 4 is 43.9 Å². The normalized spacial score (nSPS) is 12.2. The number of hydrogen-bond acceptors (Lipinski definition) is 5. The molecule has 9 rings (SSSR count). The van der Waals surface area contributed by atoms with Crippen LogP contribution in [0.15, 0.2) is 118 Å². The van der Waals surface area contributed by atoms with Crippen molar-refractivity contribution in [2.75, 3.05) is 0 Å². The predicted molar refractivity (Wildman–Crippen MR) is 254 cm³/mol. The maximum absolute atomic E-state index is 6.74. The van der Waals surface area contributed by atoms with Crippen LogP contribution in [-0.2, 0) is 30.9 Å². The van der Waals surface area contributed by atoms with E-state index >= 15 is 0 Å². The quantitative estimate of drug-likeness (QED) is 0.155. The molecule has 0 amide bonds. The Morgan fingerprint density at radius 1 is 0.565 bits per heavy atom. The van der Waals surface area contributed by atoms with Crippen LogP contribution in [0.1, 0.15) is 129 Å². The Bertz CT molecular complexity index is 2980. The van der Waals surface area contributed by atoms with Crippen molar-refractivity contribution < 1.29 is 28.9 Å². The summed E-state index contributed by atoms with van der Waals surface area (Å²) in [5.74, 6) is 1.28. The molecule has 0 saturated carbocycles. The molecule has 5 nitrogen and oxygen atoms in total. The predicted octanol–water partition coefficient (Wildman–Crippen LogP) is 15.9. The Balaban J connectivity index is 0.000000286. The van der Waals surface area contributed by atoms with Crippen LogP contribution < -0.4 is 0 Å². The summed E-state index contributed by atoms with van der Waals surface area (Å²) in [6, 6.07) is 40.5. The van der Waals surface area contributed by atoms with Crippen LogP contribution in [0.25, 0.3) is 77.5 Å². The Morgan fingerprint density at radius 2 is 1.27 bits per heavy atom. The fourth-order valence-corrected chi connectivity index (χ4v) is 8.15. The average Bonchev–Trinajstić information content (AvgIpc) is 3.81. The van der Waals surface area contributed by atoms with Gasteiger partial charge in [0, 0.05) is 48.2 Å². The van der Waals surface area contributed by atoms with E-state index in [2.05, 4.69) is 171 Å². The molecule has 9 aromatic rings. The summed E-state index contributed by atoms with van der Waals surface area (Å²) in [5, 5.41) is 4.14. The number of aromatic nitrogens is 3. The van der Waals surface area contributed by atoms with Gasteiger partial charge in [0.2, 0.25) is 0 Å². The Kier molecular flexibility index (Phi) is 12.5. The van der Waals surface area contributed by atoms with Crippen molar-refractivity contribution in [1.82, 2.24) is 15.0 Å². The fourth-order valence-electron chi connectivity index (χ4n) is 8.15. The van der Waals surface area contributed by atoms with Crippen LogP contribution in [0.3, 0.4) is 0 Å². The zero-order valence-corrected chi connectivity index (χ0v) is 40.5. The van der Waals surface area contributed by atoms with Gasteiger partial charge in [-0.2, -0.15) is 0 Å². The molecule has 0 bridgehead atoms. The van der Waals surface area contributed by atoms with Crippen molar-refractivity contribution in [1.29, 1.82) is 0 Å². The minimum absolute atomic E-state index is 0. The first-order chi connectivity index (χ1) is 29.0. The van der Waals surface area contributed by atoms with E-state index in [1.165, 1.54) is 33.4 Å². The first-order valence-corrected chi connectivity index (χ1v) is 21.7. The van der Waals surface area contributed by atoms with Gasteiger partial charge in [-0.3, -0.25) is 4.98 Å². The first kappa shape index (κ1) is 44.6. The third-order valence-corrected chi connectivity index (χ3v) is 11.8.